The van der Waals surface area contributed by atoms with Gasteiger partial charge in [0.1, 0.15) is 0 Å². The Bertz CT molecular complexity index is 761. The van der Waals surface area contributed by atoms with Crippen molar-refractivity contribution >= 4 is 12.4 Å². The van der Waals surface area contributed by atoms with Gasteiger partial charge in [0.05, 0.1) is 12.5 Å². The zero-order valence-corrected chi connectivity index (χ0v) is 15.0. The van der Waals surface area contributed by atoms with Gasteiger partial charge in [-0.1, -0.05) is 11.6 Å². The van der Waals surface area contributed by atoms with E-state index in [1.54, 1.807) is 12.1 Å². The molecule has 1 aliphatic heterocycles. The zero-order valence-electron chi connectivity index (χ0n) is 14.2. The number of benzene rings is 1. The van der Waals surface area contributed by atoms with Gasteiger partial charge in [0.2, 0.25) is 11.7 Å². The molecule has 2 aromatic rings. The molecule has 0 amide bonds. The van der Waals surface area contributed by atoms with E-state index in [1.165, 1.54) is 13.2 Å². The fourth-order valence-electron chi connectivity index (χ4n) is 4.04. The van der Waals surface area contributed by atoms with Gasteiger partial charge in [-0.3, -0.25) is 0 Å². The molecule has 26 heavy (non-hydrogen) atoms. The monoisotopic (exact) mass is 387 g/mol. The second-order valence-corrected chi connectivity index (χ2v) is 6.54. The Morgan fingerprint density at radius 3 is 2.96 bits per heavy atom. The average molecular weight is 388 g/mol. The number of rotatable bonds is 5. The largest absolute Gasteiger partial charge is 0.493 e. The van der Waals surface area contributed by atoms with Crippen LogP contribution >= 0.6 is 12.4 Å². The van der Waals surface area contributed by atoms with Crippen molar-refractivity contribution in [2.24, 2.45) is 5.92 Å². The molecule has 0 unspecified atom stereocenters. The van der Waals surface area contributed by atoms with Gasteiger partial charge in [0.25, 0.3) is 0 Å². The summed E-state index contributed by atoms with van der Waals surface area (Å²) < 4.78 is 40.0. The van der Waals surface area contributed by atoms with Crippen molar-refractivity contribution in [3.63, 3.8) is 0 Å². The predicted octanol–water partition coefficient (Wildman–Crippen LogP) is 3.41. The number of alkyl halides is 2. The lowest BCUT2D eigenvalue weighted by molar-refractivity contribution is -0.0512. The molecule has 2 fully saturated rings. The lowest BCUT2D eigenvalue weighted by Crippen LogP contribution is -2.31. The Morgan fingerprint density at radius 2 is 2.19 bits per heavy atom. The van der Waals surface area contributed by atoms with Crippen LogP contribution < -0.4 is 14.8 Å². The highest BCUT2D eigenvalue weighted by molar-refractivity contribution is 5.85. The van der Waals surface area contributed by atoms with Gasteiger partial charge in [-0.05, 0) is 43.5 Å². The van der Waals surface area contributed by atoms with Crippen LogP contribution in [0.5, 0.6) is 11.5 Å². The van der Waals surface area contributed by atoms with Crippen LogP contribution in [0.3, 0.4) is 0 Å². The summed E-state index contributed by atoms with van der Waals surface area (Å²) in [5, 5.41) is 7.51. The summed E-state index contributed by atoms with van der Waals surface area (Å²) in [4.78, 5) is 4.60. The Labute approximate surface area is 155 Å². The number of hydrogen-bond donors (Lipinski definition) is 1. The summed E-state index contributed by atoms with van der Waals surface area (Å²) in [6, 6.07) is 4.61. The molecule has 9 heteroatoms. The summed E-state index contributed by atoms with van der Waals surface area (Å²) in [7, 11) is 1.39. The molecule has 0 bridgehead atoms. The first-order chi connectivity index (χ1) is 12.1. The van der Waals surface area contributed by atoms with Gasteiger partial charge in [-0.2, -0.15) is 13.8 Å². The average Bonchev–Trinajstić information content (AvgIpc) is 3.29. The Morgan fingerprint density at radius 1 is 1.35 bits per heavy atom. The summed E-state index contributed by atoms with van der Waals surface area (Å²) in [5.41, 5.74) is 0.555. The molecule has 0 radical (unpaired) electrons. The van der Waals surface area contributed by atoms with Gasteiger partial charge >= 0.3 is 6.61 Å². The standard InChI is InChI=1S/C17H19F2N3O3.ClH/c1-23-13-7-10(4-5-12(13)24-16(18)19)14-21-15(25-22-14)17-6-2-3-11(17)8-20-9-17;/h4-5,7,11,16,20H,2-3,6,8-9H2,1H3;1H/t11-,17-;/m1./s1. The zero-order chi connectivity index (χ0) is 17.4. The molecular formula is C17H20ClF2N3O3. The first-order valence-electron chi connectivity index (χ1n) is 8.30. The number of nitrogens with zero attached hydrogens (tertiary/aromatic N) is 2. The fourth-order valence-corrected chi connectivity index (χ4v) is 4.04. The van der Waals surface area contributed by atoms with E-state index < -0.39 is 6.61 Å². The van der Waals surface area contributed by atoms with Crippen molar-refractivity contribution in [3.8, 4) is 22.9 Å². The van der Waals surface area contributed by atoms with Gasteiger partial charge in [0, 0.05) is 12.1 Å². The molecular weight excluding hydrogens is 368 g/mol. The molecule has 1 saturated carbocycles. The molecule has 1 saturated heterocycles. The van der Waals surface area contributed by atoms with Crippen LogP contribution in [0.2, 0.25) is 0 Å². The topological polar surface area (TPSA) is 69.4 Å². The molecule has 1 N–H and O–H groups in total. The van der Waals surface area contributed by atoms with Crippen molar-refractivity contribution in [2.45, 2.75) is 31.3 Å². The molecule has 4 rings (SSSR count). The number of halogens is 3. The van der Waals surface area contributed by atoms with Gasteiger partial charge in [-0.25, -0.2) is 0 Å². The van der Waals surface area contributed by atoms with E-state index in [9.17, 15) is 8.78 Å². The summed E-state index contributed by atoms with van der Waals surface area (Å²) in [5.74, 6) is 1.77. The first kappa shape index (κ1) is 18.8. The maximum absolute atomic E-state index is 12.4. The number of ether oxygens (including phenoxy) is 2. The second kappa shape index (κ2) is 7.36. The van der Waals surface area contributed by atoms with Crippen molar-refractivity contribution in [1.29, 1.82) is 0 Å². The Balaban J connectivity index is 0.00000196. The number of nitrogens with one attached hydrogen (secondary N) is 1. The molecule has 2 aliphatic rings. The summed E-state index contributed by atoms with van der Waals surface area (Å²) in [6.07, 6.45) is 3.37. The van der Waals surface area contributed by atoms with E-state index in [0.717, 1.165) is 32.4 Å². The van der Waals surface area contributed by atoms with Crippen LogP contribution in [0.4, 0.5) is 8.78 Å². The van der Waals surface area contributed by atoms with Crippen molar-refractivity contribution in [2.75, 3.05) is 20.2 Å². The molecule has 0 spiro atoms. The van der Waals surface area contributed by atoms with E-state index in [4.69, 9.17) is 9.26 Å². The Hall–Kier alpha value is -1.93. The summed E-state index contributed by atoms with van der Waals surface area (Å²) >= 11 is 0. The van der Waals surface area contributed by atoms with Gasteiger partial charge in [0.15, 0.2) is 11.5 Å². The lowest BCUT2D eigenvalue weighted by atomic mass is 9.80. The summed E-state index contributed by atoms with van der Waals surface area (Å²) in [6.45, 7) is -1.08. The maximum atomic E-state index is 12.4. The third-order valence-electron chi connectivity index (χ3n) is 5.28. The number of methoxy groups -OCH3 is 1. The predicted molar refractivity (Wildman–Crippen MR) is 92.1 cm³/mol. The number of hydrogen-bond acceptors (Lipinski definition) is 6. The van der Waals surface area contributed by atoms with E-state index in [-0.39, 0.29) is 29.3 Å². The quantitative estimate of drug-likeness (QED) is 0.847. The van der Waals surface area contributed by atoms with Crippen LogP contribution in [-0.4, -0.2) is 37.0 Å². The molecule has 142 valence electrons. The van der Waals surface area contributed by atoms with Crippen LogP contribution in [0.15, 0.2) is 22.7 Å². The fraction of sp³-hybridized carbons (Fsp3) is 0.529. The van der Waals surface area contributed by atoms with E-state index >= 15 is 0 Å². The minimum Gasteiger partial charge on any atom is -0.493 e. The number of fused-ring (bicyclic) bond motifs is 1. The molecule has 1 aromatic heterocycles. The number of aromatic nitrogens is 2. The third-order valence-corrected chi connectivity index (χ3v) is 5.28. The van der Waals surface area contributed by atoms with E-state index in [0.29, 0.717) is 23.2 Å². The molecule has 1 aromatic carbocycles. The first-order valence-corrected chi connectivity index (χ1v) is 8.30. The highest BCUT2D eigenvalue weighted by atomic mass is 35.5. The van der Waals surface area contributed by atoms with Gasteiger partial charge < -0.3 is 19.3 Å². The van der Waals surface area contributed by atoms with Crippen LogP contribution in [0.25, 0.3) is 11.4 Å². The third kappa shape index (κ3) is 3.12. The smallest absolute Gasteiger partial charge is 0.387 e. The minimum atomic E-state index is -2.91. The normalized spacial score (nSPS) is 24.4. The van der Waals surface area contributed by atoms with Crippen LogP contribution in [0.1, 0.15) is 25.2 Å². The molecule has 2 heterocycles. The van der Waals surface area contributed by atoms with Gasteiger partial charge in [-0.15, -0.1) is 12.4 Å². The SMILES string of the molecule is COc1cc(-c2noc([C@@]34CCC[C@@H]3CNC4)n2)ccc1OC(F)F.Cl. The van der Waals surface area contributed by atoms with Crippen LogP contribution in [0, 0.1) is 5.92 Å². The molecule has 2 atom stereocenters. The van der Waals surface area contributed by atoms with Crippen LogP contribution in [-0.2, 0) is 5.41 Å². The van der Waals surface area contributed by atoms with E-state index in [1.807, 2.05) is 0 Å². The lowest BCUT2D eigenvalue weighted by Gasteiger charge is -2.22. The van der Waals surface area contributed by atoms with Crippen molar-refractivity contribution in [1.82, 2.24) is 15.5 Å². The van der Waals surface area contributed by atoms with Crippen molar-refractivity contribution < 1.29 is 22.8 Å². The maximum Gasteiger partial charge on any atom is 0.387 e. The second-order valence-electron chi connectivity index (χ2n) is 6.54. The highest BCUT2D eigenvalue weighted by Crippen LogP contribution is 2.47. The van der Waals surface area contributed by atoms with Crippen molar-refractivity contribution in [3.05, 3.63) is 24.1 Å². The van der Waals surface area contributed by atoms with E-state index in [2.05, 4.69) is 20.2 Å². The highest BCUT2D eigenvalue weighted by Gasteiger charge is 2.51. The molecule has 6 nitrogen and oxygen atoms in total. The molecule has 1 aliphatic carbocycles. The minimum absolute atomic E-state index is 0. The Kier molecular flexibility index (Phi) is 5.34.